The van der Waals surface area contributed by atoms with Gasteiger partial charge in [0.05, 0.1) is 13.2 Å². The first-order valence-corrected chi connectivity index (χ1v) is 7.60. The Morgan fingerprint density at radius 2 is 1.78 bits per heavy atom. The Bertz CT molecular complexity index is 268. The van der Waals surface area contributed by atoms with Crippen molar-refractivity contribution < 1.29 is 4.74 Å². The molecule has 0 bridgehead atoms. The van der Waals surface area contributed by atoms with Crippen molar-refractivity contribution in [2.75, 3.05) is 46.4 Å². The smallest absolute Gasteiger partial charge is 0.0594 e. The molecule has 1 N–H and O–H groups in total. The van der Waals surface area contributed by atoms with Gasteiger partial charge in [0.25, 0.3) is 0 Å². The average molecular weight is 253 g/mol. The molecular weight excluding hydrogens is 226 g/mol. The SMILES string of the molecule is CNC1CCC(N2CCC(N3CCOCC3)C2)C1. The van der Waals surface area contributed by atoms with Crippen LogP contribution in [0, 0.1) is 0 Å². The fourth-order valence-electron chi connectivity index (χ4n) is 3.89. The van der Waals surface area contributed by atoms with Crippen LogP contribution in [0.2, 0.25) is 0 Å². The van der Waals surface area contributed by atoms with Crippen LogP contribution in [0.3, 0.4) is 0 Å². The Balaban J connectivity index is 1.49. The Hall–Kier alpha value is -0.160. The molecule has 3 rings (SSSR count). The van der Waals surface area contributed by atoms with Crippen molar-refractivity contribution in [2.45, 2.75) is 43.8 Å². The van der Waals surface area contributed by atoms with E-state index in [0.29, 0.717) is 0 Å². The average Bonchev–Trinajstić information content (AvgIpc) is 3.08. The third-order valence-corrected chi connectivity index (χ3v) is 5.09. The summed E-state index contributed by atoms with van der Waals surface area (Å²) in [7, 11) is 2.10. The van der Waals surface area contributed by atoms with Crippen molar-refractivity contribution in [3.05, 3.63) is 0 Å². The minimum absolute atomic E-state index is 0.762. The maximum Gasteiger partial charge on any atom is 0.0594 e. The number of morpholine rings is 1. The molecule has 3 unspecified atom stereocenters. The molecule has 0 aromatic heterocycles. The Labute approximate surface area is 111 Å². The summed E-state index contributed by atoms with van der Waals surface area (Å²) in [6.45, 7) is 6.75. The fourth-order valence-corrected chi connectivity index (χ4v) is 3.89. The number of ether oxygens (including phenoxy) is 1. The summed E-state index contributed by atoms with van der Waals surface area (Å²) < 4.78 is 5.45. The number of rotatable bonds is 3. The summed E-state index contributed by atoms with van der Waals surface area (Å²) in [5.74, 6) is 0. The van der Waals surface area contributed by atoms with Crippen molar-refractivity contribution in [3.8, 4) is 0 Å². The quantitative estimate of drug-likeness (QED) is 0.794. The zero-order valence-corrected chi connectivity index (χ0v) is 11.6. The number of likely N-dealkylation sites (tertiary alicyclic amines) is 1. The molecule has 1 aliphatic carbocycles. The molecule has 3 fully saturated rings. The van der Waals surface area contributed by atoms with Gasteiger partial charge in [0, 0.05) is 44.3 Å². The minimum atomic E-state index is 0.762. The monoisotopic (exact) mass is 253 g/mol. The van der Waals surface area contributed by atoms with Crippen molar-refractivity contribution in [3.63, 3.8) is 0 Å². The highest BCUT2D eigenvalue weighted by molar-refractivity contribution is 4.92. The van der Waals surface area contributed by atoms with E-state index < -0.39 is 0 Å². The molecule has 3 atom stereocenters. The summed E-state index contributed by atoms with van der Waals surface area (Å²) >= 11 is 0. The lowest BCUT2D eigenvalue weighted by atomic mass is 10.2. The third kappa shape index (κ3) is 2.72. The second-order valence-electron chi connectivity index (χ2n) is 6.04. The Kier molecular flexibility index (Phi) is 4.19. The first kappa shape index (κ1) is 12.9. The molecule has 104 valence electrons. The van der Waals surface area contributed by atoms with Gasteiger partial charge in [0.2, 0.25) is 0 Å². The van der Waals surface area contributed by atoms with E-state index in [1.54, 1.807) is 0 Å². The van der Waals surface area contributed by atoms with Crippen molar-refractivity contribution in [1.29, 1.82) is 0 Å². The fraction of sp³-hybridized carbons (Fsp3) is 1.00. The van der Waals surface area contributed by atoms with Crippen molar-refractivity contribution in [2.24, 2.45) is 0 Å². The molecule has 2 heterocycles. The maximum atomic E-state index is 5.45. The minimum Gasteiger partial charge on any atom is -0.379 e. The van der Waals surface area contributed by atoms with E-state index >= 15 is 0 Å². The van der Waals surface area contributed by atoms with E-state index in [1.807, 2.05) is 0 Å². The molecular formula is C14H27N3O. The van der Waals surface area contributed by atoms with Gasteiger partial charge in [-0.2, -0.15) is 0 Å². The van der Waals surface area contributed by atoms with Crippen LogP contribution in [0.5, 0.6) is 0 Å². The van der Waals surface area contributed by atoms with E-state index in [9.17, 15) is 0 Å². The lowest BCUT2D eigenvalue weighted by molar-refractivity contribution is 0.0176. The Morgan fingerprint density at radius 1 is 0.944 bits per heavy atom. The highest BCUT2D eigenvalue weighted by Gasteiger charge is 2.35. The standard InChI is InChI=1S/C14H27N3O/c1-15-12-2-3-13(10-12)17-5-4-14(11-17)16-6-8-18-9-7-16/h12-15H,2-11H2,1H3. The first-order chi connectivity index (χ1) is 8.86. The lowest BCUT2D eigenvalue weighted by Crippen LogP contribution is -2.45. The van der Waals surface area contributed by atoms with Gasteiger partial charge in [0.1, 0.15) is 0 Å². The molecule has 0 spiro atoms. The van der Waals surface area contributed by atoms with Crippen LogP contribution >= 0.6 is 0 Å². The highest BCUT2D eigenvalue weighted by Crippen LogP contribution is 2.28. The van der Waals surface area contributed by atoms with Crippen molar-refractivity contribution >= 4 is 0 Å². The lowest BCUT2D eigenvalue weighted by Gasteiger charge is -2.33. The summed E-state index contributed by atoms with van der Waals surface area (Å²) in [6.07, 6.45) is 5.47. The van der Waals surface area contributed by atoms with Gasteiger partial charge >= 0.3 is 0 Å². The van der Waals surface area contributed by atoms with E-state index in [2.05, 4.69) is 22.2 Å². The van der Waals surface area contributed by atoms with Gasteiger partial charge in [-0.3, -0.25) is 9.80 Å². The van der Waals surface area contributed by atoms with Gasteiger partial charge in [-0.05, 0) is 32.7 Å². The van der Waals surface area contributed by atoms with Crippen molar-refractivity contribution in [1.82, 2.24) is 15.1 Å². The number of hydrogen-bond acceptors (Lipinski definition) is 4. The number of hydrogen-bond donors (Lipinski definition) is 1. The van der Waals surface area contributed by atoms with E-state index in [-0.39, 0.29) is 0 Å². The molecule has 0 aromatic rings. The Morgan fingerprint density at radius 3 is 2.50 bits per heavy atom. The second kappa shape index (κ2) is 5.87. The van der Waals surface area contributed by atoms with Crippen LogP contribution in [0.1, 0.15) is 25.7 Å². The third-order valence-electron chi connectivity index (χ3n) is 5.09. The highest BCUT2D eigenvalue weighted by atomic mass is 16.5. The second-order valence-corrected chi connectivity index (χ2v) is 6.04. The molecule has 0 amide bonds. The van der Waals surface area contributed by atoms with Crippen LogP contribution in [-0.2, 0) is 4.74 Å². The number of nitrogens with zero attached hydrogens (tertiary/aromatic N) is 2. The summed E-state index contributed by atoms with van der Waals surface area (Å²) in [5, 5.41) is 3.44. The molecule has 0 radical (unpaired) electrons. The molecule has 4 heteroatoms. The number of nitrogens with one attached hydrogen (secondary N) is 1. The van der Waals surface area contributed by atoms with E-state index in [1.165, 1.54) is 38.8 Å². The van der Waals surface area contributed by atoms with Gasteiger partial charge in [-0.15, -0.1) is 0 Å². The molecule has 2 saturated heterocycles. The van der Waals surface area contributed by atoms with Crippen LogP contribution in [0.15, 0.2) is 0 Å². The summed E-state index contributed by atoms with van der Waals surface area (Å²) in [4.78, 5) is 5.39. The van der Waals surface area contributed by atoms with Gasteiger partial charge in [0.15, 0.2) is 0 Å². The van der Waals surface area contributed by atoms with Gasteiger partial charge < -0.3 is 10.1 Å². The largest absolute Gasteiger partial charge is 0.379 e. The molecule has 2 aliphatic heterocycles. The predicted octanol–water partition coefficient (Wildman–Crippen LogP) is 0.533. The summed E-state index contributed by atoms with van der Waals surface area (Å²) in [5.41, 5.74) is 0. The van der Waals surface area contributed by atoms with Crippen LogP contribution in [0.25, 0.3) is 0 Å². The van der Waals surface area contributed by atoms with Crippen LogP contribution in [-0.4, -0.2) is 74.4 Å². The predicted molar refractivity (Wildman–Crippen MR) is 72.9 cm³/mol. The summed E-state index contributed by atoms with van der Waals surface area (Å²) in [6, 6.07) is 2.40. The first-order valence-electron chi connectivity index (χ1n) is 7.60. The maximum absolute atomic E-state index is 5.45. The molecule has 3 aliphatic rings. The molecule has 18 heavy (non-hydrogen) atoms. The molecule has 4 nitrogen and oxygen atoms in total. The topological polar surface area (TPSA) is 27.7 Å². The van der Waals surface area contributed by atoms with Gasteiger partial charge in [-0.1, -0.05) is 0 Å². The molecule has 1 saturated carbocycles. The zero-order valence-electron chi connectivity index (χ0n) is 11.6. The normalized spacial score (nSPS) is 39.5. The molecule has 0 aromatic carbocycles. The van der Waals surface area contributed by atoms with Crippen LogP contribution in [0.4, 0.5) is 0 Å². The van der Waals surface area contributed by atoms with Gasteiger partial charge in [-0.25, -0.2) is 0 Å². The van der Waals surface area contributed by atoms with E-state index in [4.69, 9.17) is 4.74 Å². The van der Waals surface area contributed by atoms with E-state index in [0.717, 1.165) is 44.4 Å². The van der Waals surface area contributed by atoms with Crippen LogP contribution < -0.4 is 5.32 Å². The zero-order chi connectivity index (χ0) is 12.4.